The van der Waals surface area contributed by atoms with Crippen LogP contribution in [0.1, 0.15) is 37.6 Å². The molecular weight excluding hydrogens is 232 g/mol. The highest BCUT2D eigenvalue weighted by atomic mass is 16.5. The topological polar surface area (TPSA) is 55.6 Å². The molecule has 1 atom stereocenters. The van der Waals surface area contributed by atoms with Gasteiger partial charge in [-0.2, -0.15) is 0 Å². The second-order valence-electron chi connectivity index (χ2n) is 4.66. The number of rotatable bonds is 4. The van der Waals surface area contributed by atoms with E-state index in [1.807, 2.05) is 19.9 Å². The lowest BCUT2D eigenvalue weighted by Gasteiger charge is -2.33. The normalized spacial score (nSPS) is 20.9. The Kier molecular flexibility index (Phi) is 4.36. The van der Waals surface area contributed by atoms with E-state index in [1.54, 1.807) is 0 Å². The van der Waals surface area contributed by atoms with Crippen LogP contribution in [-0.4, -0.2) is 35.2 Å². The molecular formula is C13H20N2O3. The lowest BCUT2D eigenvalue weighted by atomic mass is 10.0. The van der Waals surface area contributed by atoms with Crippen molar-refractivity contribution in [3.05, 3.63) is 17.5 Å². The number of ether oxygens (including phenoxy) is 1. The number of aryl methyl sites for hydroxylation is 1. The average Bonchev–Trinajstić information content (AvgIpc) is 2.76. The minimum atomic E-state index is -0.129. The number of carbonyl (C=O) groups is 1. The Labute approximate surface area is 107 Å². The molecule has 2 rings (SSSR count). The molecule has 100 valence electrons. The van der Waals surface area contributed by atoms with Crippen LogP contribution in [0.5, 0.6) is 0 Å². The van der Waals surface area contributed by atoms with Crippen molar-refractivity contribution >= 4 is 5.97 Å². The molecule has 0 bridgehead atoms. The third-order valence-electron chi connectivity index (χ3n) is 3.21. The lowest BCUT2D eigenvalue weighted by Crippen LogP contribution is -2.45. The minimum Gasteiger partial charge on any atom is -0.465 e. The number of aromatic nitrogens is 1. The van der Waals surface area contributed by atoms with Gasteiger partial charge in [0.25, 0.3) is 0 Å². The Morgan fingerprint density at radius 1 is 1.61 bits per heavy atom. The van der Waals surface area contributed by atoms with Crippen LogP contribution in [-0.2, 0) is 16.1 Å². The van der Waals surface area contributed by atoms with E-state index >= 15 is 0 Å². The minimum absolute atomic E-state index is 0.114. The predicted molar refractivity (Wildman–Crippen MR) is 65.9 cm³/mol. The van der Waals surface area contributed by atoms with Gasteiger partial charge in [0.05, 0.1) is 12.3 Å². The summed E-state index contributed by atoms with van der Waals surface area (Å²) in [5, 5.41) is 3.98. The summed E-state index contributed by atoms with van der Waals surface area (Å²) in [6, 6.07) is 1.78. The van der Waals surface area contributed by atoms with E-state index in [9.17, 15) is 4.79 Å². The van der Waals surface area contributed by atoms with Gasteiger partial charge >= 0.3 is 5.97 Å². The van der Waals surface area contributed by atoms with E-state index in [2.05, 4.69) is 10.1 Å². The van der Waals surface area contributed by atoms with Crippen LogP contribution in [0.25, 0.3) is 0 Å². The molecule has 1 fully saturated rings. The Balaban J connectivity index is 2.01. The molecule has 0 saturated carbocycles. The molecule has 2 heterocycles. The van der Waals surface area contributed by atoms with Crippen molar-refractivity contribution in [1.82, 2.24) is 10.1 Å². The summed E-state index contributed by atoms with van der Waals surface area (Å²) in [7, 11) is 0. The zero-order valence-corrected chi connectivity index (χ0v) is 11.0. The Hall–Kier alpha value is -1.36. The number of esters is 1. The summed E-state index contributed by atoms with van der Waals surface area (Å²) in [5.41, 5.74) is 0.878. The molecule has 0 N–H and O–H groups in total. The zero-order chi connectivity index (χ0) is 13.0. The first-order chi connectivity index (χ1) is 8.70. The summed E-state index contributed by atoms with van der Waals surface area (Å²) in [5.74, 6) is 0.687. The first kappa shape index (κ1) is 13.1. The molecule has 1 aliphatic heterocycles. The van der Waals surface area contributed by atoms with Crippen molar-refractivity contribution in [3.8, 4) is 0 Å². The SMILES string of the molecule is CCOC(=O)C1CCCCN1Cc1cc(C)on1. The van der Waals surface area contributed by atoms with Gasteiger partial charge in [0.15, 0.2) is 0 Å². The third-order valence-corrected chi connectivity index (χ3v) is 3.21. The summed E-state index contributed by atoms with van der Waals surface area (Å²) in [6.07, 6.45) is 3.07. The summed E-state index contributed by atoms with van der Waals surface area (Å²) in [6.45, 7) is 5.71. The monoisotopic (exact) mass is 252 g/mol. The molecule has 5 nitrogen and oxygen atoms in total. The molecule has 1 aromatic heterocycles. The first-order valence-electron chi connectivity index (χ1n) is 6.53. The van der Waals surface area contributed by atoms with Crippen molar-refractivity contribution in [2.75, 3.05) is 13.2 Å². The Bertz CT molecular complexity index is 403. The molecule has 0 aromatic carbocycles. The van der Waals surface area contributed by atoms with Gasteiger partial charge in [-0.15, -0.1) is 0 Å². The highest BCUT2D eigenvalue weighted by Gasteiger charge is 2.30. The molecule has 1 aromatic rings. The van der Waals surface area contributed by atoms with Crippen molar-refractivity contribution < 1.29 is 14.1 Å². The predicted octanol–water partition coefficient (Wildman–Crippen LogP) is 1.90. The van der Waals surface area contributed by atoms with E-state index in [4.69, 9.17) is 9.26 Å². The molecule has 1 saturated heterocycles. The molecule has 0 amide bonds. The number of carbonyl (C=O) groups excluding carboxylic acids is 1. The van der Waals surface area contributed by atoms with Gasteiger partial charge in [0.2, 0.25) is 0 Å². The van der Waals surface area contributed by atoms with E-state index in [0.29, 0.717) is 13.2 Å². The van der Waals surface area contributed by atoms with Gasteiger partial charge in [-0.25, -0.2) is 0 Å². The van der Waals surface area contributed by atoms with E-state index in [0.717, 1.165) is 37.3 Å². The molecule has 0 aliphatic carbocycles. The smallest absolute Gasteiger partial charge is 0.323 e. The third kappa shape index (κ3) is 3.10. The van der Waals surface area contributed by atoms with Gasteiger partial charge in [0, 0.05) is 12.6 Å². The van der Waals surface area contributed by atoms with Gasteiger partial charge in [-0.05, 0) is 33.2 Å². The van der Waals surface area contributed by atoms with E-state index < -0.39 is 0 Å². The Morgan fingerprint density at radius 2 is 2.44 bits per heavy atom. The fourth-order valence-corrected chi connectivity index (χ4v) is 2.39. The molecule has 18 heavy (non-hydrogen) atoms. The second-order valence-corrected chi connectivity index (χ2v) is 4.66. The number of piperidine rings is 1. The highest BCUT2D eigenvalue weighted by molar-refractivity contribution is 5.75. The van der Waals surface area contributed by atoms with E-state index in [-0.39, 0.29) is 12.0 Å². The van der Waals surface area contributed by atoms with Crippen molar-refractivity contribution in [1.29, 1.82) is 0 Å². The maximum absolute atomic E-state index is 11.9. The second kappa shape index (κ2) is 6.00. The van der Waals surface area contributed by atoms with Crippen molar-refractivity contribution in [2.45, 2.75) is 45.7 Å². The van der Waals surface area contributed by atoms with Gasteiger partial charge < -0.3 is 9.26 Å². The molecule has 0 spiro atoms. The standard InChI is InChI=1S/C13H20N2O3/c1-3-17-13(16)12-6-4-5-7-15(12)9-11-8-10(2)18-14-11/h8,12H,3-7,9H2,1-2H3. The number of likely N-dealkylation sites (tertiary alicyclic amines) is 1. The van der Waals surface area contributed by atoms with Crippen molar-refractivity contribution in [3.63, 3.8) is 0 Å². The highest BCUT2D eigenvalue weighted by Crippen LogP contribution is 2.20. The first-order valence-corrected chi connectivity index (χ1v) is 6.53. The van der Waals surface area contributed by atoms with Gasteiger partial charge in [-0.3, -0.25) is 9.69 Å². The zero-order valence-electron chi connectivity index (χ0n) is 11.0. The quantitative estimate of drug-likeness (QED) is 0.766. The molecule has 1 unspecified atom stereocenters. The Morgan fingerprint density at radius 3 is 3.11 bits per heavy atom. The molecule has 1 aliphatic rings. The molecule has 0 radical (unpaired) electrons. The number of hydrogen-bond acceptors (Lipinski definition) is 5. The maximum atomic E-state index is 11.9. The number of nitrogens with zero attached hydrogens (tertiary/aromatic N) is 2. The van der Waals surface area contributed by atoms with Crippen LogP contribution in [0.15, 0.2) is 10.6 Å². The van der Waals surface area contributed by atoms with Crippen molar-refractivity contribution in [2.24, 2.45) is 0 Å². The van der Waals surface area contributed by atoms with Crippen LogP contribution in [0, 0.1) is 6.92 Å². The summed E-state index contributed by atoms with van der Waals surface area (Å²) >= 11 is 0. The van der Waals surface area contributed by atoms with E-state index in [1.165, 1.54) is 0 Å². The van der Waals surface area contributed by atoms with Crippen LogP contribution >= 0.6 is 0 Å². The average molecular weight is 252 g/mol. The fourth-order valence-electron chi connectivity index (χ4n) is 2.39. The largest absolute Gasteiger partial charge is 0.465 e. The lowest BCUT2D eigenvalue weighted by molar-refractivity contribution is -0.151. The van der Waals surface area contributed by atoms with Gasteiger partial charge in [-0.1, -0.05) is 11.6 Å². The van der Waals surface area contributed by atoms with Crippen LogP contribution in [0.4, 0.5) is 0 Å². The molecule has 5 heteroatoms. The van der Waals surface area contributed by atoms with Crippen LogP contribution in [0.3, 0.4) is 0 Å². The summed E-state index contributed by atoms with van der Waals surface area (Å²) in [4.78, 5) is 14.0. The van der Waals surface area contributed by atoms with Gasteiger partial charge in [0.1, 0.15) is 11.8 Å². The van der Waals surface area contributed by atoms with Crippen LogP contribution in [0.2, 0.25) is 0 Å². The number of hydrogen-bond donors (Lipinski definition) is 0. The van der Waals surface area contributed by atoms with Crippen LogP contribution < -0.4 is 0 Å². The maximum Gasteiger partial charge on any atom is 0.323 e. The summed E-state index contributed by atoms with van der Waals surface area (Å²) < 4.78 is 10.2. The fraction of sp³-hybridized carbons (Fsp3) is 0.692.